The Labute approximate surface area is 156 Å². The monoisotopic (exact) mass is 354 g/mol. The Balaban J connectivity index is 1.78. The molecule has 0 atom stereocenters. The van der Waals surface area contributed by atoms with Crippen LogP contribution in [0.5, 0.6) is 0 Å². The topological polar surface area (TPSA) is 0 Å². The first-order valence-corrected chi connectivity index (χ1v) is 9.81. The number of halogens is 2. The highest BCUT2D eigenvalue weighted by Gasteiger charge is 2.23. The largest absolute Gasteiger partial charge is 0.207 e. The molecule has 0 N–H and O–H groups in total. The van der Waals surface area contributed by atoms with E-state index in [2.05, 4.69) is 13.5 Å². The first-order chi connectivity index (χ1) is 12.6. The van der Waals surface area contributed by atoms with Crippen LogP contribution in [0.1, 0.15) is 62.5 Å². The van der Waals surface area contributed by atoms with Gasteiger partial charge in [0.15, 0.2) is 0 Å². The summed E-state index contributed by atoms with van der Waals surface area (Å²) in [5.41, 5.74) is 2.82. The summed E-state index contributed by atoms with van der Waals surface area (Å²) in [6.07, 6.45) is 9.12. The van der Waals surface area contributed by atoms with Crippen molar-refractivity contribution in [1.29, 1.82) is 0 Å². The van der Waals surface area contributed by atoms with Crippen LogP contribution < -0.4 is 0 Å². The van der Waals surface area contributed by atoms with E-state index in [0.29, 0.717) is 17.0 Å². The van der Waals surface area contributed by atoms with Gasteiger partial charge in [0.1, 0.15) is 11.6 Å². The van der Waals surface area contributed by atoms with Crippen molar-refractivity contribution >= 4 is 0 Å². The van der Waals surface area contributed by atoms with E-state index >= 15 is 0 Å². The van der Waals surface area contributed by atoms with Gasteiger partial charge in [0, 0.05) is 5.56 Å². The maximum atomic E-state index is 14.7. The van der Waals surface area contributed by atoms with E-state index in [1.165, 1.54) is 25.3 Å². The van der Waals surface area contributed by atoms with Crippen LogP contribution in [0.3, 0.4) is 0 Å². The van der Waals surface area contributed by atoms with Crippen molar-refractivity contribution in [2.75, 3.05) is 0 Å². The van der Waals surface area contributed by atoms with Gasteiger partial charge in [0.2, 0.25) is 0 Å². The van der Waals surface area contributed by atoms with Crippen molar-refractivity contribution < 1.29 is 8.78 Å². The molecule has 1 fully saturated rings. The van der Waals surface area contributed by atoms with Gasteiger partial charge in [0.05, 0.1) is 0 Å². The smallest absolute Gasteiger partial charge is 0.131 e. The molecule has 0 saturated heterocycles. The number of benzene rings is 2. The molecule has 1 aliphatic carbocycles. The zero-order valence-corrected chi connectivity index (χ0v) is 15.6. The summed E-state index contributed by atoms with van der Waals surface area (Å²) >= 11 is 0. The van der Waals surface area contributed by atoms with E-state index < -0.39 is 0 Å². The molecule has 0 radical (unpaired) electrons. The van der Waals surface area contributed by atoms with Crippen LogP contribution in [0.25, 0.3) is 11.1 Å². The first kappa shape index (κ1) is 18.8. The molecule has 2 aromatic rings. The minimum atomic E-state index is -0.290. The molecule has 0 amide bonds. The fourth-order valence-corrected chi connectivity index (χ4v) is 4.12. The summed E-state index contributed by atoms with van der Waals surface area (Å²) in [4.78, 5) is 0. The Hall–Kier alpha value is -1.96. The second-order valence-electron chi connectivity index (χ2n) is 7.50. The highest BCUT2D eigenvalue weighted by molar-refractivity contribution is 5.65. The Kier molecular flexibility index (Phi) is 6.24. The van der Waals surface area contributed by atoms with E-state index in [1.54, 1.807) is 12.1 Å². The third-order valence-electron chi connectivity index (χ3n) is 5.85. The van der Waals surface area contributed by atoms with Crippen LogP contribution >= 0.6 is 0 Å². The lowest BCUT2D eigenvalue weighted by atomic mass is 9.77. The van der Waals surface area contributed by atoms with Crippen molar-refractivity contribution in [3.8, 4) is 11.1 Å². The van der Waals surface area contributed by atoms with E-state index in [-0.39, 0.29) is 11.6 Å². The van der Waals surface area contributed by atoms with Gasteiger partial charge in [0.25, 0.3) is 0 Å². The van der Waals surface area contributed by atoms with Gasteiger partial charge in [-0.05, 0) is 79.2 Å². The van der Waals surface area contributed by atoms with Gasteiger partial charge in [-0.3, -0.25) is 0 Å². The van der Waals surface area contributed by atoms with Crippen molar-refractivity contribution in [3.05, 3.63) is 71.8 Å². The quantitative estimate of drug-likeness (QED) is 0.473. The number of allylic oxidation sites excluding steroid dienone is 1. The Morgan fingerprint density at radius 3 is 2.38 bits per heavy atom. The lowest BCUT2D eigenvalue weighted by Gasteiger charge is -2.28. The fourth-order valence-electron chi connectivity index (χ4n) is 4.12. The number of aryl methyl sites for hydroxylation is 1. The normalized spacial score (nSPS) is 20.1. The minimum absolute atomic E-state index is 0.197. The molecule has 1 saturated carbocycles. The zero-order chi connectivity index (χ0) is 18.5. The third kappa shape index (κ3) is 4.23. The summed E-state index contributed by atoms with van der Waals surface area (Å²) in [6, 6.07) is 10.5. The summed E-state index contributed by atoms with van der Waals surface area (Å²) < 4.78 is 29.2. The van der Waals surface area contributed by atoms with Crippen molar-refractivity contribution in [3.63, 3.8) is 0 Å². The van der Waals surface area contributed by atoms with E-state index in [0.717, 1.165) is 42.7 Å². The van der Waals surface area contributed by atoms with Crippen LogP contribution in [0.4, 0.5) is 8.78 Å². The number of rotatable bonds is 6. The van der Waals surface area contributed by atoms with Gasteiger partial charge >= 0.3 is 0 Å². The molecule has 3 rings (SSSR count). The lowest BCUT2D eigenvalue weighted by Crippen LogP contribution is -2.13. The Morgan fingerprint density at radius 1 is 1.00 bits per heavy atom. The first-order valence-electron chi connectivity index (χ1n) is 9.81. The van der Waals surface area contributed by atoms with E-state index in [1.807, 2.05) is 24.3 Å². The fraction of sp³-hybridized carbons (Fsp3) is 0.417. The number of hydrogen-bond donors (Lipinski definition) is 0. The van der Waals surface area contributed by atoms with Crippen molar-refractivity contribution in [2.24, 2.45) is 5.92 Å². The van der Waals surface area contributed by atoms with Gasteiger partial charge in [-0.1, -0.05) is 43.7 Å². The summed E-state index contributed by atoms with van der Waals surface area (Å²) in [5.74, 6) is 0.611. The Bertz CT molecular complexity index is 755. The second-order valence-corrected chi connectivity index (χ2v) is 7.50. The van der Waals surface area contributed by atoms with E-state index in [4.69, 9.17) is 0 Å². The maximum absolute atomic E-state index is 14.7. The zero-order valence-electron chi connectivity index (χ0n) is 15.6. The van der Waals surface area contributed by atoms with Gasteiger partial charge in [-0.25, -0.2) is 8.78 Å². The van der Waals surface area contributed by atoms with Crippen LogP contribution in [-0.2, 0) is 6.42 Å². The predicted octanol–water partition coefficient (Wildman–Crippen LogP) is 7.43. The molecule has 0 spiro atoms. The standard InChI is InChI=1S/C24H28F2/c1-3-5-6-18-9-13-22(23(25)15-18)20-12-14-21(24(26)16-20)19-10-7-17(4-2)8-11-19/h3,9,12-17,19H,1,4-8,10-11H2,2H3. The molecule has 0 aromatic heterocycles. The summed E-state index contributed by atoms with van der Waals surface area (Å²) in [5, 5.41) is 0. The SMILES string of the molecule is C=CCCc1ccc(-c2ccc(C3CCC(CC)CC3)c(F)c2)c(F)c1. The van der Waals surface area contributed by atoms with Crippen LogP contribution in [0.2, 0.25) is 0 Å². The van der Waals surface area contributed by atoms with Crippen LogP contribution in [0, 0.1) is 17.6 Å². The van der Waals surface area contributed by atoms with Crippen LogP contribution in [0.15, 0.2) is 49.1 Å². The molecule has 2 aromatic carbocycles. The molecule has 2 heteroatoms. The molecule has 0 unspecified atom stereocenters. The van der Waals surface area contributed by atoms with E-state index in [9.17, 15) is 8.78 Å². The minimum Gasteiger partial charge on any atom is -0.207 e. The molecule has 26 heavy (non-hydrogen) atoms. The molecular formula is C24H28F2. The highest BCUT2D eigenvalue weighted by Crippen LogP contribution is 2.38. The Morgan fingerprint density at radius 2 is 1.77 bits per heavy atom. The number of hydrogen-bond acceptors (Lipinski definition) is 0. The van der Waals surface area contributed by atoms with Crippen molar-refractivity contribution in [1.82, 2.24) is 0 Å². The average molecular weight is 354 g/mol. The summed E-state index contributed by atoms with van der Waals surface area (Å²) in [6.45, 7) is 5.93. The molecular weight excluding hydrogens is 326 g/mol. The molecule has 138 valence electrons. The molecule has 0 heterocycles. The predicted molar refractivity (Wildman–Crippen MR) is 105 cm³/mol. The molecule has 1 aliphatic rings. The summed E-state index contributed by atoms with van der Waals surface area (Å²) in [7, 11) is 0. The van der Waals surface area contributed by atoms with Gasteiger partial charge < -0.3 is 0 Å². The van der Waals surface area contributed by atoms with Gasteiger partial charge in [-0.2, -0.15) is 0 Å². The third-order valence-corrected chi connectivity index (χ3v) is 5.85. The van der Waals surface area contributed by atoms with Crippen molar-refractivity contribution in [2.45, 2.75) is 57.8 Å². The lowest BCUT2D eigenvalue weighted by molar-refractivity contribution is 0.314. The second kappa shape index (κ2) is 8.62. The average Bonchev–Trinajstić information content (AvgIpc) is 2.66. The van der Waals surface area contributed by atoms with Gasteiger partial charge in [-0.15, -0.1) is 6.58 Å². The maximum Gasteiger partial charge on any atom is 0.131 e. The highest BCUT2D eigenvalue weighted by atomic mass is 19.1. The van der Waals surface area contributed by atoms with Crippen LogP contribution in [-0.4, -0.2) is 0 Å². The molecule has 0 aliphatic heterocycles. The molecule has 0 nitrogen and oxygen atoms in total. The molecule has 0 bridgehead atoms.